The van der Waals surface area contributed by atoms with E-state index in [0.717, 1.165) is 37.2 Å². The minimum atomic E-state index is -0.641. The van der Waals surface area contributed by atoms with Crippen LogP contribution in [-0.4, -0.2) is 50.3 Å². The molecule has 1 aromatic rings. The maximum absolute atomic E-state index is 13.6. The lowest BCUT2D eigenvalue weighted by atomic mass is 9.72. The highest BCUT2D eigenvalue weighted by atomic mass is 16.7. The van der Waals surface area contributed by atoms with Crippen LogP contribution in [0.3, 0.4) is 0 Å². The SMILES string of the molecule is C/C=C1\CN(C)[C@H]2C[C@@]3(C(=O)N(OC)c4ccccc43)[C@@H]3C[C@H]1[C@H]2CO3. The third-order valence-electron chi connectivity index (χ3n) is 7.25. The first-order valence-corrected chi connectivity index (χ1v) is 9.57. The molecule has 0 N–H and O–H groups in total. The van der Waals surface area contributed by atoms with Crippen molar-refractivity contribution in [3.63, 3.8) is 0 Å². The average Bonchev–Trinajstić information content (AvgIpc) is 2.77. The van der Waals surface area contributed by atoms with Crippen molar-refractivity contribution in [2.45, 2.75) is 37.3 Å². The van der Waals surface area contributed by atoms with Crippen molar-refractivity contribution in [2.75, 3.05) is 32.4 Å². The zero-order valence-electron chi connectivity index (χ0n) is 15.6. The van der Waals surface area contributed by atoms with E-state index in [-0.39, 0.29) is 12.0 Å². The number of allylic oxidation sites excluding steroid dienone is 1. The lowest BCUT2D eigenvalue weighted by Gasteiger charge is -2.46. The highest BCUT2D eigenvalue weighted by Gasteiger charge is 2.63. The lowest BCUT2D eigenvalue weighted by molar-refractivity contribution is -0.137. The lowest BCUT2D eigenvalue weighted by Crippen LogP contribution is -2.50. The average molecular weight is 354 g/mol. The summed E-state index contributed by atoms with van der Waals surface area (Å²) in [6.45, 7) is 3.88. The molecular weight excluding hydrogens is 328 g/mol. The summed E-state index contributed by atoms with van der Waals surface area (Å²) in [5.41, 5.74) is 2.80. The predicted molar refractivity (Wildman–Crippen MR) is 98.7 cm³/mol. The predicted octanol–water partition coefficient (Wildman–Crippen LogP) is 2.52. The maximum Gasteiger partial charge on any atom is 0.264 e. The Balaban J connectivity index is 1.70. The number of likely N-dealkylation sites (tertiary alicyclic amines) is 1. The summed E-state index contributed by atoms with van der Waals surface area (Å²) >= 11 is 0. The van der Waals surface area contributed by atoms with Gasteiger partial charge in [0, 0.05) is 18.5 Å². The molecule has 26 heavy (non-hydrogen) atoms. The molecule has 1 saturated carbocycles. The summed E-state index contributed by atoms with van der Waals surface area (Å²) < 4.78 is 6.38. The molecule has 5 heteroatoms. The van der Waals surface area contributed by atoms with Crippen molar-refractivity contribution in [3.8, 4) is 0 Å². The number of nitrogens with zero attached hydrogens (tertiary/aromatic N) is 2. The van der Waals surface area contributed by atoms with Gasteiger partial charge in [0.15, 0.2) is 0 Å². The van der Waals surface area contributed by atoms with E-state index in [4.69, 9.17) is 9.57 Å². The number of hydrogen-bond donors (Lipinski definition) is 0. The highest BCUT2D eigenvalue weighted by Crippen LogP contribution is 2.57. The van der Waals surface area contributed by atoms with Crippen molar-refractivity contribution in [3.05, 3.63) is 41.5 Å². The van der Waals surface area contributed by atoms with Gasteiger partial charge in [0.1, 0.15) is 5.41 Å². The van der Waals surface area contributed by atoms with Gasteiger partial charge in [0.25, 0.3) is 5.91 Å². The van der Waals surface area contributed by atoms with Gasteiger partial charge in [0.2, 0.25) is 0 Å². The Morgan fingerprint density at radius 2 is 2.15 bits per heavy atom. The third-order valence-corrected chi connectivity index (χ3v) is 7.25. The number of ether oxygens (including phenoxy) is 1. The summed E-state index contributed by atoms with van der Waals surface area (Å²) in [5, 5.41) is 1.48. The Hall–Kier alpha value is -1.69. The minimum Gasteiger partial charge on any atom is -0.376 e. The number of carbonyl (C=O) groups is 1. The van der Waals surface area contributed by atoms with Gasteiger partial charge in [0.05, 0.1) is 25.5 Å². The minimum absolute atomic E-state index is 0.0369. The van der Waals surface area contributed by atoms with Crippen LogP contribution >= 0.6 is 0 Å². The molecular formula is C21H26N2O3. The van der Waals surface area contributed by atoms with Crippen LogP contribution in [0.4, 0.5) is 5.69 Å². The zero-order chi connectivity index (χ0) is 18.1. The number of piperidine rings is 1. The molecule has 1 spiro atoms. The maximum atomic E-state index is 13.6. The normalized spacial score (nSPS) is 40.3. The monoisotopic (exact) mass is 354 g/mol. The molecule has 4 fully saturated rings. The molecule has 0 unspecified atom stereocenters. The van der Waals surface area contributed by atoms with Gasteiger partial charge >= 0.3 is 0 Å². The van der Waals surface area contributed by atoms with Gasteiger partial charge in [-0.3, -0.25) is 14.5 Å². The summed E-state index contributed by atoms with van der Waals surface area (Å²) in [7, 11) is 3.77. The van der Waals surface area contributed by atoms with Crippen LogP contribution in [0.25, 0.3) is 0 Å². The topological polar surface area (TPSA) is 42.0 Å². The fraction of sp³-hybridized carbons (Fsp3) is 0.571. The number of carbonyl (C=O) groups excluding carboxylic acids is 1. The number of likely N-dealkylation sites (N-methyl/N-ethyl adjacent to an activating group) is 1. The molecule has 3 saturated heterocycles. The number of hydroxylamine groups is 1. The van der Waals surface area contributed by atoms with Gasteiger partial charge in [-0.1, -0.05) is 29.8 Å². The summed E-state index contributed by atoms with van der Waals surface area (Å²) in [4.78, 5) is 21.6. The molecule has 0 aromatic heterocycles. The van der Waals surface area contributed by atoms with E-state index < -0.39 is 5.41 Å². The van der Waals surface area contributed by atoms with E-state index in [0.29, 0.717) is 17.9 Å². The molecule has 4 heterocycles. The Bertz CT molecular complexity index is 791. The van der Waals surface area contributed by atoms with Crippen molar-refractivity contribution in [1.82, 2.24) is 4.90 Å². The van der Waals surface area contributed by atoms with Gasteiger partial charge in [-0.05, 0) is 44.4 Å². The van der Waals surface area contributed by atoms with E-state index >= 15 is 0 Å². The second kappa shape index (κ2) is 5.65. The van der Waals surface area contributed by atoms with E-state index in [9.17, 15) is 4.79 Å². The smallest absolute Gasteiger partial charge is 0.264 e. The number of rotatable bonds is 1. The molecule has 0 radical (unpaired) electrons. The second-order valence-corrected chi connectivity index (χ2v) is 8.15. The Labute approximate surface area is 154 Å². The van der Waals surface area contributed by atoms with Gasteiger partial charge < -0.3 is 4.74 Å². The fourth-order valence-electron chi connectivity index (χ4n) is 6.01. The first-order valence-electron chi connectivity index (χ1n) is 9.57. The third kappa shape index (κ3) is 1.89. The van der Waals surface area contributed by atoms with E-state index in [1.807, 2.05) is 18.2 Å². The number of hydrogen-bond acceptors (Lipinski definition) is 4. The molecule has 4 aliphatic heterocycles. The van der Waals surface area contributed by atoms with Crippen LogP contribution < -0.4 is 5.06 Å². The molecule has 5 atom stereocenters. The van der Waals surface area contributed by atoms with E-state index in [2.05, 4.69) is 31.0 Å². The molecule has 1 amide bonds. The van der Waals surface area contributed by atoms with Crippen LogP contribution in [0.1, 0.15) is 25.3 Å². The van der Waals surface area contributed by atoms with Crippen LogP contribution in [-0.2, 0) is 19.8 Å². The van der Waals surface area contributed by atoms with E-state index in [1.54, 1.807) is 7.11 Å². The van der Waals surface area contributed by atoms with Crippen molar-refractivity contribution < 1.29 is 14.4 Å². The number of anilines is 1. The largest absolute Gasteiger partial charge is 0.376 e. The molecule has 4 bridgehead atoms. The number of fused-ring (bicyclic) bond motifs is 2. The van der Waals surface area contributed by atoms with Crippen LogP contribution in [0, 0.1) is 11.8 Å². The molecule has 5 nitrogen and oxygen atoms in total. The molecule has 1 aliphatic carbocycles. The summed E-state index contributed by atoms with van der Waals surface area (Å²) in [6.07, 6.45) is 3.91. The first-order chi connectivity index (χ1) is 12.6. The molecule has 6 rings (SSSR count). The number of benzene rings is 1. The van der Waals surface area contributed by atoms with Crippen LogP contribution in [0.5, 0.6) is 0 Å². The standard InChI is InChI=1S/C21H26N2O3/c1-4-13-11-22(2)18-10-21(19-9-14(13)15(18)12-26-19)16-7-5-6-8-17(16)23(25-3)20(21)24/h4-8,14-15,18-19H,9-12H2,1-3H3/b13-4+/t14-,15-,18+,19+,21+/m1/s1. The Morgan fingerprint density at radius 3 is 2.92 bits per heavy atom. The quantitative estimate of drug-likeness (QED) is 0.727. The van der Waals surface area contributed by atoms with Crippen molar-refractivity contribution in [2.24, 2.45) is 11.8 Å². The summed E-state index contributed by atoms with van der Waals surface area (Å²) in [6, 6.07) is 8.42. The van der Waals surface area contributed by atoms with Crippen LogP contribution in [0.15, 0.2) is 35.9 Å². The van der Waals surface area contributed by atoms with Gasteiger partial charge in [-0.15, -0.1) is 0 Å². The number of amides is 1. The highest BCUT2D eigenvalue weighted by molar-refractivity contribution is 6.07. The second-order valence-electron chi connectivity index (χ2n) is 8.15. The van der Waals surface area contributed by atoms with Gasteiger partial charge in [-0.25, -0.2) is 0 Å². The molecule has 5 aliphatic rings. The van der Waals surface area contributed by atoms with Crippen molar-refractivity contribution in [1.29, 1.82) is 0 Å². The fourth-order valence-corrected chi connectivity index (χ4v) is 6.01. The first kappa shape index (κ1) is 16.5. The molecule has 1 aromatic carbocycles. The van der Waals surface area contributed by atoms with Crippen molar-refractivity contribution >= 4 is 11.6 Å². The van der Waals surface area contributed by atoms with Gasteiger partial charge in [-0.2, -0.15) is 5.06 Å². The van der Waals surface area contributed by atoms with E-state index in [1.165, 1.54) is 10.6 Å². The Kier molecular flexibility index (Phi) is 3.58. The summed E-state index contributed by atoms with van der Waals surface area (Å²) in [5.74, 6) is 1.03. The Morgan fingerprint density at radius 1 is 1.35 bits per heavy atom. The molecule has 138 valence electrons. The van der Waals surface area contributed by atoms with Crippen LogP contribution in [0.2, 0.25) is 0 Å². The number of para-hydroxylation sites is 1. The zero-order valence-corrected chi connectivity index (χ0v) is 15.6.